The topological polar surface area (TPSA) is 101 Å². The van der Waals surface area contributed by atoms with Gasteiger partial charge in [0, 0.05) is 31.2 Å². The average molecular weight is 447 g/mol. The molecular weight excluding hydrogens is 428 g/mol. The van der Waals surface area contributed by atoms with E-state index in [1.54, 1.807) is 17.0 Å². The smallest absolute Gasteiger partial charge is 0.252 e. The van der Waals surface area contributed by atoms with Crippen molar-refractivity contribution < 1.29 is 13.2 Å². The van der Waals surface area contributed by atoms with Gasteiger partial charge >= 0.3 is 0 Å². The van der Waals surface area contributed by atoms with E-state index < -0.39 is 16.1 Å². The van der Waals surface area contributed by atoms with E-state index >= 15 is 0 Å². The summed E-state index contributed by atoms with van der Waals surface area (Å²) in [6.07, 6.45) is 1.40. The molecule has 0 spiro atoms. The lowest BCUT2D eigenvalue weighted by molar-refractivity contribution is -0.135. The Kier molecular flexibility index (Phi) is 5.80. The molecule has 1 unspecified atom stereocenters. The highest BCUT2D eigenvalue weighted by molar-refractivity contribution is 7.89. The normalized spacial score (nSPS) is 16.4. The first-order chi connectivity index (χ1) is 14.5. The molecule has 0 saturated carbocycles. The molecule has 1 amide bonds. The summed E-state index contributed by atoms with van der Waals surface area (Å²) in [6, 6.07) is 14.6. The number of aromatic nitrogens is 4. The van der Waals surface area contributed by atoms with Gasteiger partial charge in [0.1, 0.15) is 6.33 Å². The zero-order valence-electron chi connectivity index (χ0n) is 15.9. The van der Waals surface area contributed by atoms with Crippen molar-refractivity contribution >= 4 is 27.5 Å². The molecule has 0 N–H and O–H groups in total. The molecule has 3 aromatic rings. The number of halogens is 1. The first-order valence-electron chi connectivity index (χ1n) is 9.29. The minimum absolute atomic E-state index is 0.183. The van der Waals surface area contributed by atoms with Crippen LogP contribution in [0.2, 0.25) is 5.02 Å². The van der Waals surface area contributed by atoms with E-state index in [-0.39, 0.29) is 37.0 Å². The summed E-state index contributed by atoms with van der Waals surface area (Å²) in [4.78, 5) is 15.1. The van der Waals surface area contributed by atoms with Gasteiger partial charge in [0.05, 0.1) is 4.90 Å². The summed E-state index contributed by atoms with van der Waals surface area (Å²) in [5.41, 5.74) is 0.756. The molecule has 11 heteroatoms. The van der Waals surface area contributed by atoms with Gasteiger partial charge < -0.3 is 4.90 Å². The second kappa shape index (κ2) is 8.50. The molecule has 1 aliphatic rings. The van der Waals surface area contributed by atoms with E-state index in [0.29, 0.717) is 5.02 Å². The van der Waals surface area contributed by atoms with Crippen LogP contribution >= 0.6 is 11.6 Å². The molecule has 1 fully saturated rings. The van der Waals surface area contributed by atoms with Crippen molar-refractivity contribution in [2.75, 3.05) is 26.2 Å². The summed E-state index contributed by atoms with van der Waals surface area (Å²) in [5.74, 6) is -0.183. The summed E-state index contributed by atoms with van der Waals surface area (Å²) in [6.45, 7) is 0.954. The highest BCUT2D eigenvalue weighted by Crippen LogP contribution is 2.23. The SMILES string of the molecule is O=C(C(c1ccccc1)n1cnnn1)N1CCN(S(=O)(=O)c2ccc(Cl)cc2)CC1. The van der Waals surface area contributed by atoms with Gasteiger partial charge in [-0.3, -0.25) is 4.79 Å². The van der Waals surface area contributed by atoms with E-state index in [1.165, 1.54) is 27.4 Å². The molecule has 0 aliphatic carbocycles. The maximum atomic E-state index is 13.3. The van der Waals surface area contributed by atoms with Gasteiger partial charge in [-0.2, -0.15) is 4.31 Å². The van der Waals surface area contributed by atoms with Crippen molar-refractivity contribution in [3.05, 3.63) is 71.5 Å². The third kappa shape index (κ3) is 4.07. The van der Waals surface area contributed by atoms with E-state index in [4.69, 9.17) is 11.6 Å². The molecule has 4 rings (SSSR count). The molecule has 0 bridgehead atoms. The Bertz CT molecular complexity index is 1100. The summed E-state index contributed by atoms with van der Waals surface area (Å²) in [5, 5.41) is 11.7. The average Bonchev–Trinajstić information content (AvgIpc) is 3.29. The molecule has 1 aromatic heterocycles. The highest BCUT2D eigenvalue weighted by Gasteiger charge is 2.34. The lowest BCUT2D eigenvalue weighted by atomic mass is 10.1. The van der Waals surface area contributed by atoms with Crippen molar-refractivity contribution in [1.29, 1.82) is 0 Å². The van der Waals surface area contributed by atoms with Crippen molar-refractivity contribution in [1.82, 2.24) is 29.4 Å². The molecule has 2 aromatic carbocycles. The number of nitrogens with zero attached hydrogens (tertiary/aromatic N) is 6. The van der Waals surface area contributed by atoms with Crippen LogP contribution in [0, 0.1) is 0 Å². The maximum Gasteiger partial charge on any atom is 0.252 e. The number of piperazine rings is 1. The van der Waals surface area contributed by atoms with Gasteiger partial charge in [-0.05, 0) is 40.3 Å². The molecular formula is C19H19ClN6O3S. The molecule has 156 valence electrons. The van der Waals surface area contributed by atoms with Crippen LogP contribution in [0.4, 0.5) is 0 Å². The number of benzene rings is 2. The molecule has 2 heterocycles. The van der Waals surface area contributed by atoms with Crippen LogP contribution in [-0.2, 0) is 14.8 Å². The predicted molar refractivity (Wildman–Crippen MR) is 109 cm³/mol. The van der Waals surface area contributed by atoms with Crippen molar-refractivity contribution in [3.8, 4) is 0 Å². The van der Waals surface area contributed by atoms with Crippen LogP contribution in [0.3, 0.4) is 0 Å². The largest absolute Gasteiger partial charge is 0.338 e. The Balaban J connectivity index is 1.50. The molecule has 9 nitrogen and oxygen atoms in total. The van der Waals surface area contributed by atoms with Crippen LogP contribution in [0.25, 0.3) is 0 Å². The van der Waals surface area contributed by atoms with Gasteiger partial charge in [0.25, 0.3) is 5.91 Å². The zero-order chi connectivity index (χ0) is 21.1. The fraction of sp³-hybridized carbons (Fsp3) is 0.263. The third-order valence-electron chi connectivity index (χ3n) is 4.98. The first kappa shape index (κ1) is 20.5. The summed E-state index contributed by atoms with van der Waals surface area (Å²) >= 11 is 5.86. The van der Waals surface area contributed by atoms with Crippen LogP contribution in [0.5, 0.6) is 0 Å². The van der Waals surface area contributed by atoms with E-state index in [2.05, 4.69) is 15.5 Å². The van der Waals surface area contributed by atoms with Crippen molar-refractivity contribution in [2.45, 2.75) is 10.9 Å². The van der Waals surface area contributed by atoms with Gasteiger partial charge in [-0.15, -0.1) is 5.10 Å². The molecule has 30 heavy (non-hydrogen) atoms. The number of hydrogen-bond donors (Lipinski definition) is 0. The Morgan fingerprint density at radius 2 is 1.63 bits per heavy atom. The van der Waals surface area contributed by atoms with Gasteiger partial charge in [0.2, 0.25) is 10.0 Å². The third-order valence-corrected chi connectivity index (χ3v) is 7.15. The lowest BCUT2D eigenvalue weighted by Crippen LogP contribution is -2.52. The number of carbonyl (C=O) groups excluding carboxylic acids is 1. The van der Waals surface area contributed by atoms with Crippen LogP contribution in [0.15, 0.2) is 65.8 Å². The second-order valence-corrected chi connectivity index (χ2v) is 9.16. The quantitative estimate of drug-likeness (QED) is 0.588. The highest BCUT2D eigenvalue weighted by atomic mass is 35.5. The van der Waals surface area contributed by atoms with Gasteiger partial charge in [0.15, 0.2) is 6.04 Å². The van der Waals surface area contributed by atoms with E-state index in [9.17, 15) is 13.2 Å². The Morgan fingerprint density at radius 3 is 2.23 bits per heavy atom. The number of carbonyl (C=O) groups is 1. The maximum absolute atomic E-state index is 13.3. The van der Waals surface area contributed by atoms with E-state index in [0.717, 1.165) is 5.56 Å². The fourth-order valence-corrected chi connectivity index (χ4v) is 4.96. The Hall–Kier alpha value is -2.82. The lowest BCUT2D eigenvalue weighted by Gasteiger charge is -2.35. The summed E-state index contributed by atoms with van der Waals surface area (Å²) in [7, 11) is -3.64. The van der Waals surface area contributed by atoms with Crippen LogP contribution in [0.1, 0.15) is 11.6 Å². The molecule has 1 saturated heterocycles. The summed E-state index contributed by atoms with van der Waals surface area (Å²) < 4.78 is 28.5. The van der Waals surface area contributed by atoms with Crippen molar-refractivity contribution in [2.24, 2.45) is 0 Å². The molecule has 1 aliphatic heterocycles. The van der Waals surface area contributed by atoms with Gasteiger partial charge in [-0.25, -0.2) is 13.1 Å². The number of tetrazole rings is 1. The monoisotopic (exact) mass is 446 g/mol. The number of hydrogen-bond acceptors (Lipinski definition) is 6. The fourth-order valence-electron chi connectivity index (χ4n) is 3.41. The number of sulfonamides is 1. The minimum atomic E-state index is -3.64. The Labute approximate surface area is 178 Å². The standard InChI is InChI=1S/C19H19ClN6O3S/c20-16-6-8-17(9-7-16)30(28,29)25-12-10-24(11-13-25)19(27)18(26-14-21-22-23-26)15-4-2-1-3-5-15/h1-9,14,18H,10-13H2. The van der Waals surface area contributed by atoms with Crippen LogP contribution in [-0.4, -0.2) is 69.9 Å². The van der Waals surface area contributed by atoms with Crippen molar-refractivity contribution in [3.63, 3.8) is 0 Å². The van der Waals surface area contributed by atoms with Crippen LogP contribution < -0.4 is 0 Å². The predicted octanol–water partition coefficient (Wildman–Crippen LogP) is 1.45. The first-order valence-corrected chi connectivity index (χ1v) is 11.1. The minimum Gasteiger partial charge on any atom is -0.338 e. The second-order valence-electron chi connectivity index (χ2n) is 6.79. The number of rotatable bonds is 5. The van der Waals surface area contributed by atoms with Gasteiger partial charge in [-0.1, -0.05) is 41.9 Å². The Morgan fingerprint density at radius 1 is 0.967 bits per heavy atom. The van der Waals surface area contributed by atoms with E-state index in [1.807, 2.05) is 30.3 Å². The molecule has 1 atom stereocenters. The molecule has 0 radical (unpaired) electrons. The number of amides is 1. The zero-order valence-corrected chi connectivity index (χ0v) is 17.4.